The Hall–Kier alpha value is -2.70. The highest BCUT2D eigenvalue weighted by Crippen LogP contribution is 2.29. The van der Waals surface area contributed by atoms with Crippen molar-refractivity contribution in [3.63, 3.8) is 0 Å². The van der Waals surface area contributed by atoms with Crippen LogP contribution in [0.5, 0.6) is 0 Å². The van der Waals surface area contributed by atoms with Gasteiger partial charge in [0.1, 0.15) is 12.2 Å². The number of H-pyrrole nitrogens is 1. The number of fused-ring (bicyclic) bond motifs is 1. The van der Waals surface area contributed by atoms with Crippen LogP contribution < -0.4 is 11.1 Å². The van der Waals surface area contributed by atoms with Gasteiger partial charge in [0, 0.05) is 30.2 Å². The molecule has 0 saturated carbocycles. The Morgan fingerprint density at radius 2 is 2.25 bits per heavy atom. The van der Waals surface area contributed by atoms with Crippen LogP contribution in [0.1, 0.15) is 5.82 Å². The number of aromatic nitrogens is 4. The van der Waals surface area contributed by atoms with Crippen LogP contribution in [0.2, 0.25) is 0 Å². The first-order chi connectivity index (χ1) is 9.75. The smallest absolute Gasteiger partial charge is 0.150 e. The van der Waals surface area contributed by atoms with Crippen molar-refractivity contribution < 1.29 is 4.39 Å². The van der Waals surface area contributed by atoms with Crippen molar-refractivity contribution in [2.45, 2.75) is 6.42 Å². The van der Waals surface area contributed by atoms with Gasteiger partial charge < -0.3 is 11.1 Å². The summed E-state index contributed by atoms with van der Waals surface area (Å²) < 4.78 is 14.0. The maximum Gasteiger partial charge on any atom is 0.150 e. The number of pyridine rings is 1. The minimum atomic E-state index is -0.411. The molecule has 3 rings (SSSR count). The zero-order valence-electron chi connectivity index (χ0n) is 10.6. The Morgan fingerprint density at radius 3 is 3.05 bits per heavy atom. The van der Waals surface area contributed by atoms with Crippen molar-refractivity contribution in [3.05, 3.63) is 42.4 Å². The monoisotopic (exact) mass is 272 g/mol. The molecular weight excluding hydrogens is 259 g/mol. The van der Waals surface area contributed by atoms with Crippen molar-refractivity contribution in [1.82, 2.24) is 20.2 Å². The third kappa shape index (κ3) is 2.25. The second kappa shape index (κ2) is 5.12. The number of aromatic amines is 1. The van der Waals surface area contributed by atoms with Crippen LogP contribution in [0.3, 0.4) is 0 Å². The zero-order chi connectivity index (χ0) is 13.9. The lowest BCUT2D eigenvalue weighted by Gasteiger charge is -2.11. The van der Waals surface area contributed by atoms with Gasteiger partial charge in [0.2, 0.25) is 0 Å². The average molecular weight is 272 g/mol. The summed E-state index contributed by atoms with van der Waals surface area (Å²) in [5.41, 5.74) is 7.07. The quantitative estimate of drug-likeness (QED) is 0.629. The second-order valence-electron chi connectivity index (χ2n) is 4.33. The average Bonchev–Trinajstić information content (AvgIpc) is 2.96. The molecule has 2 heterocycles. The Labute approximate surface area is 114 Å². The summed E-state index contributed by atoms with van der Waals surface area (Å²) in [6.07, 6.45) is 3.66. The Balaban J connectivity index is 1.87. The summed E-state index contributed by atoms with van der Waals surface area (Å²) in [7, 11) is 0. The van der Waals surface area contributed by atoms with E-state index >= 15 is 0 Å². The van der Waals surface area contributed by atoms with Crippen LogP contribution >= 0.6 is 0 Å². The molecule has 102 valence electrons. The standard InChI is InChI=1S/C13H13FN6/c14-9-6-10(15)8-2-1-4-16-12(8)13(9)17-5-3-11-18-7-19-20-11/h1-2,4,6-7,17H,3,5,15H2,(H,18,19,20). The molecule has 0 aliphatic carbocycles. The maximum absolute atomic E-state index is 14.0. The summed E-state index contributed by atoms with van der Waals surface area (Å²) in [5, 5.41) is 10.3. The molecule has 0 fully saturated rings. The predicted octanol–water partition coefficient (Wildman–Crippen LogP) is 1.73. The number of hydrogen-bond donors (Lipinski definition) is 3. The minimum Gasteiger partial charge on any atom is -0.398 e. The number of anilines is 2. The fourth-order valence-electron chi connectivity index (χ4n) is 2.06. The normalized spacial score (nSPS) is 10.8. The molecule has 0 saturated heterocycles. The molecule has 2 aromatic heterocycles. The fraction of sp³-hybridized carbons (Fsp3) is 0.154. The predicted molar refractivity (Wildman–Crippen MR) is 74.7 cm³/mol. The molecule has 0 amide bonds. The molecule has 0 aliphatic rings. The second-order valence-corrected chi connectivity index (χ2v) is 4.33. The molecule has 0 bridgehead atoms. The van der Waals surface area contributed by atoms with E-state index in [1.54, 1.807) is 12.3 Å². The van der Waals surface area contributed by atoms with Crippen LogP contribution in [0.4, 0.5) is 15.8 Å². The fourth-order valence-corrected chi connectivity index (χ4v) is 2.06. The van der Waals surface area contributed by atoms with E-state index in [1.807, 2.05) is 6.07 Å². The first kappa shape index (κ1) is 12.3. The van der Waals surface area contributed by atoms with Crippen LogP contribution in [0.25, 0.3) is 10.9 Å². The van der Waals surface area contributed by atoms with Gasteiger partial charge in [-0.3, -0.25) is 10.1 Å². The SMILES string of the molecule is Nc1cc(F)c(NCCc2ncn[nH]2)c2ncccc12. The number of rotatable bonds is 4. The van der Waals surface area contributed by atoms with Crippen LogP contribution in [-0.2, 0) is 6.42 Å². The molecule has 7 heteroatoms. The van der Waals surface area contributed by atoms with Gasteiger partial charge in [0.25, 0.3) is 0 Å². The number of benzene rings is 1. The number of nitrogens with zero attached hydrogens (tertiary/aromatic N) is 3. The van der Waals surface area contributed by atoms with E-state index in [-0.39, 0.29) is 0 Å². The van der Waals surface area contributed by atoms with E-state index in [0.717, 1.165) is 11.2 Å². The number of nitrogen functional groups attached to an aromatic ring is 1. The highest BCUT2D eigenvalue weighted by atomic mass is 19.1. The summed E-state index contributed by atoms with van der Waals surface area (Å²) in [4.78, 5) is 8.21. The van der Waals surface area contributed by atoms with E-state index < -0.39 is 5.82 Å². The van der Waals surface area contributed by atoms with Crippen LogP contribution in [0, 0.1) is 5.82 Å². The molecule has 0 spiro atoms. The molecule has 20 heavy (non-hydrogen) atoms. The maximum atomic E-state index is 14.0. The van der Waals surface area contributed by atoms with E-state index in [9.17, 15) is 4.39 Å². The zero-order valence-corrected chi connectivity index (χ0v) is 10.6. The Kier molecular flexibility index (Phi) is 3.16. The molecule has 3 aromatic rings. The third-order valence-corrected chi connectivity index (χ3v) is 3.01. The van der Waals surface area contributed by atoms with Gasteiger partial charge in [-0.25, -0.2) is 9.37 Å². The van der Waals surface area contributed by atoms with Crippen molar-refractivity contribution in [2.24, 2.45) is 0 Å². The van der Waals surface area contributed by atoms with Gasteiger partial charge in [-0.2, -0.15) is 5.10 Å². The van der Waals surface area contributed by atoms with Crippen LogP contribution in [0.15, 0.2) is 30.7 Å². The van der Waals surface area contributed by atoms with E-state index in [2.05, 4.69) is 25.5 Å². The van der Waals surface area contributed by atoms with Gasteiger partial charge in [-0.05, 0) is 18.2 Å². The molecule has 0 atom stereocenters. The molecule has 6 nitrogen and oxygen atoms in total. The topological polar surface area (TPSA) is 92.5 Å². The van der Waals surface area contributed by atoms with Gasteiger partial charge in [-0.1, -0.05) is 0 Å². The summed E-state index contributed by atoms with van der Waals surface area (Å²) in [6.45, 7) is 0.516. The van der Waals surface area contributed by atoms with Gasteiger partial charge in [0.05, 0.1) is 11.2 Å². The highest BCUT2D eigenvalue weighted by molar-refractivity contribution is 5.98. The number of nitrogens with two attached hydrogens (primary N) is 1. The van der Waals surface area contributed by atoms with Gasteiger partial charge in [-0.15, -0.1) is 0 Å². The lowest BCUT2D eigenvalue weighted by atomic mass is 10.1. The van der Waals surface area contributed by atoms with Crippen molar-refractivity contribution in [1.29, 1.82) is 0 Å². The molecule has 0 aliphatic heterocycles. The first-order valence-corrected chi connectivity index (χ1v) is 6.16. The number of nitrogens with one attached hydrogen (secondary N) is 2. The Bertz CT molecular complexity index is 725. The molecule has 0 unspecified atom stereocenters. The van der Waals surface area contributed by atoms with E-state index in [4.69, 9.17) is 5.73 Å². The van der Waals surface area contributed by atoms with Crippen LogP contribution in [-0.4, -0.2) is 26.7 Å². The van der Waals surface area contributed by atoms with Gasteiger partial charge in [0.15, 0.2) is 5.82 Å². The van der Waals surface area contributed by atoms with Crippen molar-refractivity contribution in [3.8, 4) is 0 Å². The minimum absolute atomic E-state index is 0.356. The van der Waals surface area contributed by atoms with E-state index in [1.165, 1.54) is 12.4 Å². The highest BCUT2D eigenvalue weighted by Gasteiger charge is 2.11. The molecule has 0 radical (unpaired) electrons. The number of halogens is 1. The summed E-state index contributed by atoms with van der Waals surface area (Å²) in [6, 6.07) is 4.90. The largest absolute Gasteiger partial charge is 0.398 e. The molecule has 4 N–H and O–H groups in total. The Morgan fingerprint density at radius 1 is 1.35 bits per heavy atom. The molecular formula is C13H13FN6. The van der Waals surface area contributed by atoms with Gasteiger partial charge >= 0.3 is 0 Å². The molecule has 1 aromatic carbocycles. The van der Waals surface area contributed by atoms with Crippen molar-refractivity contribution >= 4 is 22.3 Å². The van der Waals surface area contributed by atoms with E-state index in [0.29, 0.717) is 29.9 Å². The lowest BCUT2D eigenvalue weighted by Crippen LogP contribution is -2.09. The first-order valence-electron chi connectivity index (χ1n) is 6.16. The number of hydrogen-bond acceptors (Lipinski definition) is 5. The lowest BCUT2D eigenvalue weighted by molar-refractivity contribution is 0.632. The summed E-state index contributed by atoms with van der Waals surface area (Å²) >= 11 is 0. The third-order valence-electron chi connectivity index (χ3n) is 3.01. The van der Waals surface area contributed by atoms with Crippen molar-refractivity contribution in [2.75, 3.05) is 17.6 Å². The summed E-state index contributed by atoms with van der Waals surface area (Å²) in [5.74, 6) is 0.330.